The Labute approximate surface area is 133 Å². The van der Waals surface area contributed by atoms with E-state index in [1.807, 2.05) is 45.0 Å². The van der Waals surface area contributed by atoms with Gasteiger partial charge in [0, 0.05) is 25.2 Å². The summed E-state index contributed by atoms with van der Waals surface area (Å²) in [6, 6.07) is 7.50. The number of nitrogens with one attached hydrogen (secondary N) is 1. The molecule has 5 nitrogen and oxygen atoms in total. The number of carbonyl (C=O) groups excluding carboxylic acids is 1. The number of aryl methyl sites for hydroxylation is 1. The van der Waals surface area contributed by atoms with Gasteiger partial charge in [0.15, 0.2) is 0 Å². The van der Waals surface area contributed by atoms with Crippen molar-refractivity contribution in [3.05, 3.63) is 29.8 Å². The van der Waals surface area contributed by atoms with Gasteiger partial charge in [-0.15, -0.1) is 0 Å². The van der Waals surface area contributed by atoms with Crippen LogP contribution in [0.3, 0.4) is 0 Å². The van der Waals surface area contributed by atoms with Crippen LogP contribution in [-0.2, 0) is 14.8 Å². The lowest BCUT2D eigenvalue weighted by molar-refractivity contribution is -0.116. The minimum absolute atomic E-state index is 0.152. The molecule has 1 aromatic carbocycles. The van der Waals surface area contributed by atoms with Crippen molar-refractivity contribution in [3.8, 4) is 0 Å². The van der Waals surface area contributed by atoms with Crippen molar-refractivity contribution < 1.29 is 13.2 Å². The van der Waals surface area contributed by atoms with Gasteiger partial charge in [0.25, 0.3) is 0 Å². The third kappa shape index (κ3) is 7.04. The largest absolute Gasteiger partial charge is 0.326 e. The van der Waals surface area contributed by atoms with E-state index in [9.17, 15) is 13.2 Å². The summed E-state index contributed by atoms with van der Waals surface area (Å²) in [7, 11) is -3.28. The Morgan fingerprint density at radius 3 is 2.27 bits per heavy atom. The molecule has 0 radical (unpaired) electrons. The minimum Gasteiger partial charge on any atom is -0.326 e. The van der Waals surface area contributed by atoms with E-state index in [1.54, 1.807) is 0 Å². The first-order valence-electron chi connectivity index (χ1n) is 7.50. The maximum Gasteiger partial charge on any atom is 0.225 e. The van der Waals surface area contributed by atoms with Gasteiger partial charge in [0.1, 0.15) is 0 Å². The molecule has 0 bridgehead atoms. The highest BCUT2D eigenvalue weighted by atomic mass is 32.2. The van der Waals surface area contributed by atoms with Gasteiger partial charge in [0.2, 0.25) is 15.9 Å². The molecule has 1 rings (SSSR count). The summed E-state index contributed by atoms with van der Waals surface area (Å²) in [6.07, 6.45) is 2.12. The lowest BCUT2D eigenvalue weighted by Crippen LogP contribution is -2.34. The van der Waals surface area contributed by atoms with Crippen molar-refractivity contribution in [1.29, 1.82) is 0 Å². The average Bonchev–Trinajstić information content (AvgIpc) is 2.39. The van der Waals surface area contributed by atoms with E-state index in [0.29, 0.717) is 12.5 Å². The van der Waals surface area contributed by atoms with Gasteiger partial charge in [-0.3, -0.25) is 4.79 Å². The Bertz CT molecular complexity index is 580. The number of benzene rings is 1. The second-order valence-electron chi connectivity index (χ2n) is 6.01. The fourth-order valence-corrected chi connectivity index (χ4v) is 2.79. The summed E-state index contributed by atoms with van der Waals surface area (Å²) in [6.45, 7) is 6.73. The van der Waals surface area contributed by atoms with Crippen molar-refractivity contribution in [2.24, 2.45) is 5.92 Å². The predicted octanol–water partition coefficient (Wildman–Crippen LogP) is 2.63. The number of rotatable bonds is 8. The van der Waals surface area contributed by atoms with E-state index in [4.69, 9.17) is 0 Å². The van der Waals surface area contributed by atoms with Gasteiger partial charge in [0.05, 0.1) is 6.26 Å². The summed E-state index contributed by atoms with van der Waals surface area (Å²) >= 11 is 0. The van der Waals surface area contributed by atoms with Gasteiger partial charge in [-0.1, -0.05) is 31.5 Å². The topological polar surface area (TPSA) is 66.5 Å². The average molecular weight is 326 g/mol. The van der Waals surface area contributed by atoms with Crippen LogP contribution in [0.25, 0.3) is 0 Å². The normalized spacial score (nSPS) is 11.9. The molecule has 0 unspecified atom stereocenters. The van der Waals surface area contributed by atoms with E-state index in [-0.39, 0.29) is 18.9 Å². The SMILES string of the molecule is Cc1ccc(NC(=O)CCN(CCC(C)C)S(C)(=O)=O)cc1. The Morgan fingerprint density at radius 2 is 1.77 bits per heavy atom. The van der Waals surface area contributed by atoms with Crippen molar-refractivity contribution >= 4 is 21.6 Å². The van der Waals surface area contributed by atoms with Crippen LogP contribution < -0.4 is 5.32 Å². The zero-order valence-electron chi connectivity index (χ0n) is 13.8. The number of amides is 1. The predicted molar refractivity (Wildman–Crippen MR) is 90.3 cm³/mol. The molecule has 0 aliphatic carbocycles. The number of hydrogen-bond donors (Lipinski definition) is 1. The second kappa shape index (κ2) is 8.29. The minimum atomic E-state index is -3.28. The molecule has 0 saturated carbocycles. The zero-order valence-corrected chi connectivity index (χ0v) is 14.6. The van der Waals surface area contributed by atoms with Crippen LogP contribution in [0.4, 0.5) is 5.69 Å². The standard InChI is InChI=1S/C16H26N2O3S/c1-13(2)9-11-18(22(4,20)21)12-10-16(19)17-15-7-5-14(3)6-8-15/h5-8,13H,9-12H2,1-4H3,(H,17,19). The number of anilines is 1. The molecule has 1 N–H and O–H groups in total. The second-order valence-corrected chi connectivity index (χ2v) is 7.99. The molecule has 0 aliphatic heterocycles. The highest BCUT2D eigenvalue weighted by molar-refractivity contribution is 7.88. The molecule has 0 heterocycles. The van der Waals surface area contributed by atoms with Gasteiger partial charge in [-0.25, -0.2) is 12.7 Å². The molecule has 6 heteroatoms. The molecule has 0 spiro atoms. The van der Waals surface area contributed by atoms with Crippen LogP contribution in [-0.4, -0.2) is 38.0 Å². The lowest BCUT2D eigenvalue weighted by Gasteiger charge is -2.20. The first-order valence-corrected chi connectivity index (χ1v) is 9.35. The molecule has 1 aromatic rings. The first-order chi connectivity index (χ1) is 10.2. The van der Waals surface area contributed by atoms with Gasteiger partial charge >= 0.3 is 0 Å². The van der Waals surface area contributed by atoms with Crippen LogP contribution >= 0.6 is 0 Å². The van der Waals surface area contributed by atoms with Crippen molar-refractivity contribution in [2.45, 2.75) is 33.6 Å². The Hall–Kier alpha value is -1.40. The van der Waals surface area contributed by atoms with Crippen LogP contribution in [0, 0.1) is 12.8 Å². The van der Waals surface area contributed by atoms with E-state index in [1.165, 1.54) is 10.6 Å². The van der Waals surface area contributed by atoms with Crippen molar-refractivity contribution in [1.82, 2.24) is 4.31 Å². The quantitative estimate of drug-likeness (QED) is 0.798. The Morgan fingerprint density at radius 1 is 1.18 bits per heavy atom. The van der Waals surface area contributed by atoms with E-state index < -0.39 is 10.0 Å². The Kier molecular flexibility index (Phi) is 7.03. The van der Waals surface area contributed by atoms with Gasteiger partial charge < -0.3 is 5.32 Å². The fraction of sp³-hybridized carbons (Fsp3) is 0.562. The molecular formula is C16H26N2O3S. The summed E-state index contributed by atoms with van der Waals surface area (Å²) in [4.78, 5) is 11.9. The lowest BCUT2D eigenvalue weighted by atomic mass is 10.1. The van der Waals surface area contributed by atoms with E-state index in [2.05, 4.69) is 5.32 Å². The molecule has 0 atom stereocenters. The highest BCUT2D eigenvalue weighted by Gasteiger charge is 2.18. The Balaban J connectivity index is 2.53. The number of hydrogen-bond acceptors (Lipinski definition) is 3. The van der Waals surface area contributed by atoms with Crippen LogP contribution in [0.5, 0.6) is 0 Å². The van der Waals surface area contributed by atoms with Gasteiger partial charge in [-0.2, -0.15) is 0 Å². The highest BCUT2D eigenvalue weighted by Crippen LogP contribution is 2.10. The molecule has 0 saturated heterocycles. The number of sulfonamides is 1. The van der Waals surface area contributed by atoms with Crippen molar-refractivity contribution in [2.75, 3.05) is 24.7 Å². The maximum atomic E-state index is 11.9. The first kappa shape index (κ1) is 18.6. The van der Waals surface area contributed by atoms with E-state index in [0.717, 1.165) is 17.7 Å². The van der Waals surface area contributed by atoms with E-state index >= 15 is 0 Å². The van der Waals surface area contributed by atoms with Crippen LogP contribution in [0.15, 0.2) is 24.3 Å². The summed E-state index contributed by atoms with van der Waals surface area (Å²) in [5.41, 5.74) is 1.85. The summed E-state index contributed by atoms with van der Waals surface area (Å²) in [5, 5.41) is 2.78. The molecule has 0 aromatic heterocycles. The summed E-state index contributed by atoms with van der Waals surface area (Å²) < 4.78 is 24.9. The smallest absolute Gasteiger partial charge is 0.225 e. The van der Waals surface area contributed by atoms with Crippen LogP contribution in [0.2, 0.25) is 0 Å². The molecular weight excluding hydrogens is 300 g/mol. The third-order valence-electron chi connectivity index (χ3n) is 3.35. The molecule has 0 fully saturated rings. The van der Waals surface area contributed by atoms with Gasteiger partial charge in [-0.05, 0) is 31.4 Å². The number of carbonyl (C=O) groups is 1. The maximum absolute atomic E-state index is 11.9. The molecule has 22 heavy (non-hydrogen) atoms. The third-order valence-corrected chi connectivity index (χ3v) is 4.65. The monoisotopic (exact) mass is 326 g/mol. The fourth-order valence-electron chi connectivity index (χ4n) is 1.93. The molecule has 1 amide bonds. The molecule has 0 aliphatic rings. The summed E-state index contributed by atoms with van der Waals surface area (Å²) in [5.74, 6) is 0.243. The molecule has 124 valence electrons. The number of nitrogens with zero attached hydrogens (tertiary/aromatic N) is 1. The van der Waals surface area contributed by atoms with Crippen molar-refractivity contribution in [3.63, 3.8) is 0 Å². The zero-order chi connectivity index (χ0) is 16.8. The van der Waals surface area contributed by atoms with Crippen LogP contribution in [0.1, 0.15) is 32.3 Å².